The third-order valence-corrected chi connectivity index (χ3v) is 3.06. The van der Waals surface area contributed by atoms with Gasteiger partial charge in [-0.25, -0.2) is 0 Å². The van der Waals surface area contributed by atoms with E-state index in [1.807, 2.05) is 0 Å². The molecule has 0 aromatic heterocycles. The molecule has 4 heteroatoms. The van der Waals surface area contributed by atoms with Crippen molar-refractivity contribution in [1.29, 1.82) is 0 Å². The van der Waals surface area contributed by atoms with Gasteiger partial charge < -0.3 is 15.4 Å². The van der Waals surface area contributed by atoms with Gasteiger partial charge in [-0.2, -0.15) is 0 Å². The minimum atomic E-state index is -0.249. The first-order valence-electron chi connectivity index (χ1n) is 5.43. The molecule has 1 atom stereocenters. The highest BCUT2D eigenvalue weighted by atomic mass is 16.5. The molecule has 80 valence electrons. The summed E-state index contributed by atoms with van der Waals surface area (Å²) in [5.41, 5.74) is 5.47. The Bertz CT molecular complexity index is 214. The van der Waals surface area contributed by atoms with E-state index >= 15 is 0 Å². The van der Waals surface area contributed by atoms with E-state index in [9.17, 15) is 4.79 Å². The van der Waals surface area contributed by atoms with Gasteiger partial charge in [-0.15, -0.1) is 0 Å². The monoisotopic (exact) mass is 198 g/mol. The second kappa shape index (κ2) is 4.28. The molecule has 1 amide bonds. The number of rotatable bonds is 4. The zero-order chi connectivity index (χ0) is 9.97. The van der Waals surface area contributed by atoms with Crippen molar-refractivity contribution in [2.75, 3.05) is 19.7 Å². The van der Waals surface area contributed by atoms with Crippen LogP contribution in [-0.2, 0) is 9.53 Å². The molecule has 1 saturated heterocycles. The molecule has 1 aliphatic heterocycles. The van der Waals surface area contributed by atoms with E-state index in [-0.39, 0.29) is 11.9 Å². The largest absolute Gasteiger partial charge is 0.376 e. The van der Waals surface area contributed by atoms with Crippen molar-refractivity contribution < 1.29 is 9.53 Å². The summed E-state index contributed by atoms with van der Waals surface area (Å²) in [6, 6.07) is -0.249. The lowest BCUT2D eigenvalue weighted by Gasteiger charge is -2.36. The number of β-lactam (4-membered cyclic amide) rings is 1. The minimum absolute atomic E-state index is 0.0695. The maximum Gasteiger partial charge on any atom is 0.241 e. The highest BCUT2D eigenvalue weighted by Gasteiger charge is 2.32. The topological polar surface area (TPSA) is 55.6 Å². The molecule has 0 bridgehead atoms. The SMILES string of the molecule is NC1CN(CCOC2CCCC2)C1=O. The summed E-state index contributed by atoms with van der Waals surface area (Å²) in [6.07, 6.45) is 5.40. The van der Waals surface area contributed by atoms with Gasteiger partial charge in [0.15, 0.2) is 0 Å². The van der Waals surface area contributed by atoms with Gasteiger partial charge in [0.05, 0.1) is 12.7 Å². The van der Waals surface area contributed by atoms with Crippen molar-refractivity contribution in [2.24, 2.45) is 5.73 Å². The van der Waals surface area contributed by atoms with Crippen LogP contribution in [0, 0.1) is 0 Å². The molecule has 14 heavy (non-hydrogen) atoms. The molecule has 1 heterocycles. The fourth-order valence-corrected chi connectivity index (χ4v) is 2.11. The Labute approximate surface area is 84.4 Å². The summed E-state index contributed by atoms with van der Waals surface area (Å²) in [5.74, 6) is 0.0695. The Balaban J connectivity index is 1.57. The van der Waals surface area contributed by atoms with E-state index in [2.05, 4.69) is 0 Å². The number of amides is 1. The summed E-state index contributed by atoms with van der Waals surface area (Å²) in [7, 11) is 0. The first kappa shape index (κ1) is 9.93. The molecule has 4 nitrogen and oxygen atoms in total. The summed E-state index contributed by atoms with van der Waals surface area (Å²) in [5, 5.41) is 0. The number of carbonyl (C=O) groups excluding carboxylic acids is 1. The second-order valence-corrected chi connectivity index (χ2v) is 4.17. The van der Waals surface area contributed by atoms with Gasteiger partial charge in [0.1, 0.15) is 6.04 Å². The molecule has 1 unspecified atom stereocenters. The van der Waals surface area contributed by atoms with Crippen LogP contribution >= 0.6 is 0 Å². The van der Waals surface area contributed by atoms with Crippen molar-refractivity contribution in [1.82, 2.24) is 4.90 Å². The van der Waals surface area contributed by atoms with Crippen molar-refractivity contribution in [3.05, 3.63) is 0 Å². The quantitative estimate of drug-likeness (QED) is 0.653. The number of hydrogen-bond donors (Lipinski definition) is 1. The predicted octanol–water partition coefficient (Wildman–Crippen LogP) is 0.115. The first-order chi connectivity index (χ1) is 6.77. The van der Waals surface area contributed by atoms with Gasteiger partial charge in [0.2, 0.25) is 5.91 Å². The van der Waals surface area contributed by atoms with Crippen LogP contribution in [0.4, 0.5) is 0 Å². The van der Waals surface area contributed by atoms with Crippen LogP contribution in [0.3, 0.4) is 0 Å². The molecule has 0 aromatic rings. The zero-order valence-corrected chi connectivity index (χ0v) is 8.45. The van der Waals surface area contributed by atoms with Crippen LogP contribution in [0.15, 0.2) is 0 Å². The first-order valence-corrected chi connectivity index (χ1v) is 5.43. The lowest BCUT2D eigenvalue weighted by Crippen LogP contribution is -2.61. The van der Waals surface area contributed by atoms with Crippen LogP contribution in [0.1, 0.15) is 25.7 Å². The van der Waals surface area contributed by atoms with E-state index in [0.29, 0.717) is 25.8 Å². The van der Waals surface area contributed by atoms with Crippen LogP contribution in [0.2, 0.25) is 0 Å². The van der Waals surface area contributed by atoms with Gasteiger partial charge in [-0.3, -0.25) is 4.79 Å². The fourth-order valence-electron chi connectivity index (χ4n) is 2.11. The predicted molar refractivity (Wildman–Crippen MR) is 52.8 cm³/mol. The Morgan fingerprint density at radius 2 is 2.14 bits per heavy atom. The smallest absolute Gasteiger partial charge is 0.241 e. The van der Waals surface area contributed by atoms with Gasteiger partial charge in [0.25, 0.3) is 0 Å². The van der Waals surface area contributed by atoms with Crippen LogP contribution < -0.4 is 5.73 Å². The standard InChI is InChI=1S/C10H18N2O2/c11-9-7-12(10(9)13)5-6-14-8-3-1-2-4-8/h8-9H,1-7,11H2. The highest BCUT2D eigenvalue weighted by Crippen LogP contribution is 2.20. The highest BCUT2D eigenvalue weighted by molar-refractivity contribution is 5.87. The second-order valence-electron chi connectivity index (χ2n) is 4.17. The van der Waals surface area contributed by atoms with Crippen LogP contribution in [0.25, 0.3) is 0 Å². The number of nitrogens with two attached hydrogens (primary N) is 1. The van der Waals surface area contributed by atoms with Crippen molar-refractivity contribution in [3.8, 4) is 0 Å². The Kier molecular flexibility index (Phi) is 3.03. The number of hydrogen-bond acceptors (Lipinski definition) is 3. The molecular weight excluding hydrogens is 180 g/mol. The van der Waals surface area contributed by atoms with Crippen LogP contribution in [0.5, 0.6) is 0 Å². The van der Waals surface area contributed by atoms with Crippen molar-refractivity contribution in [2.45, 2.75) is 37.8 Å². The fraction of sp³-hybridized carbons (Fsp3) is 0.900. The van der Waals surface area contributed by atoms with E-state index in [1.165, 1.54) is 25.7 Å². The third-order valence-electron chi connectivity index (χ3n) is 3.06. The summed E-state index contributed by atoms with van der Waals surface area (Å²) >= 11 is 0. The molecule has 2 N–H and O–H groups in total. The molecule has 2 rings (SSSR count). The van der Waals surface area contributed by atoms with Gasteiger partial charge in [-0.05, 0) is 12.8 Å². The number of carbonyl (C=O) groups is 1. The molecular formula is C10H18N2O2. The molecule has 1 saturated carbocycles. The molecule has 2 fully saturated rings. The normalized spacial score (nSPS) is 28.2. The van der Waals surface area contributed by atoms with Crippen LogP contribution in [-0.4, -0.2) is 42.6 Å². The third kappa shape index (κ3) is 2.07. The van der Waals surface area contributed by atoms with E-state index in [1.54, 1.807) is 4.90 Å². The number of likely N-dealkylation sites (tertiary alicyclic amines) is 1. The summed E-state index contributed by atoms with van der Waals surface area (Å²) < 4.78 is 5.66. The average molecular weight is 198 g/mol. The molecule has 1 aliphatic carbocycles. The molecule has 0 radical (unpaired) electrons. The lowest BCUT2D eigenvalue weighted by atomic mass is 10.1. The van der Waals surface area contributed by atoms with Gasteiger partial charge in [-0.1, -0.05) is 12.8 Å². The minimum Gasteiger partial charge on any atom is -0.376 e. The van der Waals surface area contributed by atoms with E-state index in [4.69, 9.17) is 10.5 Å². The van der Waals surface area contributed by atoms with Gasteiger partial charge in [0, 0.05) is 13.1 Å². The molecule has 0 spiro atoms. The zero-order valence-electron chi connectivity index (χ0n) is 8.45. The number of nitrogens with zero attached hydrogens (tertiary/aromatic N) is 1. The van der Waals surface area contributed by atoms with Gasteiger partial charge >= 0.3 is 0 Å². The van der Waals surface area contributed by atoms with E-state index < -0.39 is 0 Å². The summed E-state index contributed by atoms with van der Waals surface area (Å²) in [6.45, 7) is 2.08. The Hall–Kier alpha value is -0.610. The molecule has 0 aromatic carbocycles. The van der Waals surface area contributed by atoms with Crippen molar-refractivity contribution >= 4 is 5.91 Å². The average Bonchev–Trinajstić information content (AvgIpc) is 2.69. The lowest BCUT2D eigenvalue weighted by molar-refractivity contribution is -0.143. The Morgan fingerprint density at radius 3 is 2.71 bits per heavy atom. The van der Waals surface area contributed by atoms with Crippen molar-refractivity contribution in [3.63, 3.8) is 0 Å². The van der Waals surface area contributed by atoms with E-state index in [0.717, 1.165) is 0 Å². The number of ether oxygens (including phenoxy) is 1. The molecule has 2 aliphatic rings. The maximum atomic E-state index is 11.1. The maximum absolute atomic E-state index is 11.1. The Morgan fingerprint density at radius 1 is 1.43 bits per heavy atom. The summed E-state index contributed by atoms with van der Waals surface area (Å²) in [4.78, 5) is 12.9.